The summed E-state index contributed by atoms with van der Waals surface area (Å²) >= 11 is 8.68. The maximum Gasteiger partial charge on any atom is 0.241 e. The first-order chi connectivity index (χ1) is 7.03. The van der Waals surface area contributed by atoms with Crippen LogP contribution in [0, 0.1) is 5.92 Å². The molecule has 1 rings (SSSR count). The van der Waals surface area contributed by atoms with Crippen molar-refractivity contribution in [3.8, 4) is 0 Å². The van der Waals surface area contributed by atoms with Crippen LogP contribution in [-0.4, -0.2) is 17.5 Å². The molecule has 2 atom stereocenters. The second kappa shape index (κ2) is 6.58. The van der Waals surface area contributed by atoms with E-state index in [0.717, 1.165) is 12.8 Å². The highest BCUT2D eigenvalue weighted by molar-refractivity contribution is 8.59. The zero-order valence-corrected chi connectivity index (χ0v) is 11.4. The Morgan fingerprint density at radius 2 is 1.93 bits per heavy atom. The van der Waals surface area contributed by atoms with E-state index < -0.39 is 5.69 Å². The standard InChI is InChI=1S/C9H20NO2PS2/c10-7-9(12-13(11,14)15)8-5-3-1-2-4-6-8/h8-9H,1-7,10H2,(H2,11,14,15). The number of thiol groups is 1. The molecule has 90 valence electrons. The summed E-state index contributed by atoms with van der Waals surface area (Å²) in [6.45, 7) is 0.421. The quantitative estimate of drug-likeness (QED) is 0.417. The van der Waals surface area contributed by atoms with Crippen molar-refractivity contribution in [1.29, 1.82) is 0 Å². The molecule has 0 aromatic heterocycles. The molecule has 2 unspecified atom stereocenters. The van der Waals surface area contributed by atoms with E-state index in [4.69, 9.17) is 22.1 Å². The van der Waals surface area contributed by atoms with Crippen molar-refractivity contribution in [1.82, 2.24) is 0 Å². The number of hydrogen-bond donors (Lipinski definition) is 3. The maximum absolute atomic E-state index is 9.43. The van der Waals surface area contributed by atoms with Gasteiger partial charge in [0.05, 0.1) is 6.10 Å². The van der Waals surface area contributed by atoms with Gasteiger partial charge >= 0.3 is 0 Å². The summed E-state index contributed by atoms with van der Waals surface area (Å²) in [7, 11) is 0. The molecule has 6 heteroatoms. The molecule has 0 saturated heterocycles. The third-order valence-corrected chi connectivity index (χ3v) is 4.02. The minimum atomic E-state index is -2.87. The summed E-state index contributed by atoms with van der Waals surface area (Å²) in [6, 6.07) is 0. The van der Waals surface area contributed by atoms with E-state index in [2.05, 4.69) is 12.2 Å². The van der Waals surface area contributed by atoms with E-state index >= 15 is 0 Å². The second-order valence-corrected chi connectivity index (χ2v) is 9.24. The Morgan fingerprint density at radius 3 is 2.33 bits per heavy atom. The lowest BCUT2D eigenvalue weighted by Gasteiger charge is -2.26. The fourth-order valence-corrected chi connectivity index (χ4v) is 3.49. The molecule has 1 aliphatic carbocycles. The van der Waals surface area contributed by atoms with Gasteiger partial charge in [0.1, 0.15) is 0 Å². The van der Waals surface area contributed by atoms with Crippen molar-refractivity contribution < 1.29 is 9.42 Å². The first-order valence-electron chi connectivity index (χ1n) is 5.47. The van der Waals surface area contributed by atoms with Crippen LogP contribution in [-0.2, 0) is 16.3 Å². The molecule has 0 amide bonds. The molecule has 0 aromatic carbocycles. The van der Waals surface area contributed by atoms with Crippen molar-refractivity contribution in [2.45, 2.75) is 44.6 Å². The number of hydrogen-bond acceptors (Lipinski definition) is 3. The minimum Gasteiger partial charge on any atom is -0.338 e. The van der Waals surface area contributed by atoms with E-state index in [1.54, 1.807) is 0 Å². The summed E-state index contributed by atoms with van der Waals surface area (Å²) in [5.41, 5.74) is 2.79. The highest BCUT2D eigenvalue weighted by Gasteiger charge is 2.25. The van der Waals surface area contributed by atoms with Crippen molar-refractivity contribution in [3.05, 3.63) is 0 Å². The Kier molecular flexibility index (Phi) is 6.11. The van der Waals surface area contributed by atoms with Crippen molar-refractivity contribution in [2.24, 2.45) is 11.7 Å². The lowest BCUT2D eigenvalue weighted by molar-refractivity contribution is 0.136. The summed E-state index contributed by atoms with van der Waals surface area (Å²) in [4.78, 5) is 9.43. The molecule has 3 N–H and O–H groups in total. The molecule has 1 fully saturated rings. The molecule has 0 radical (unpaired) electrons. The van der Waals surface area contributed by atoms with E-state index in [0.29, 0.717) is 12.5 Å². The van der Waals surface area contributed by atoms with Crippen LogP contribution >= 0.6 is 17.9 Å². The SMILES string of the molecule is NCC(OP(O)(=S)S)C1CCCCCC1. The van der Waals surface area contributed by atoms with Crippen molar-refractivity contribution >= 4 is 29.7 Å². The van der Waals surface area contributed by atoms with Gasteiger partial charge in [-0.3, -0.25) is 0 Å². The minimum absolute atomic E-state index is 0.114. The Hall–Kier alpha value is 0.880. The normalized spacial score (nSPS) is 25.5. The average Bonchev–Trinajstić information content (AvgIpc) is 2.40. The molecule has 15 heavy (non-hydrogen) atoms. The maximum atomic E-state index is 9.43. The van der Waals surface area contributed by atoms with Gasteiger partial charge in [-0.15, -0.1) is 0 Å². The molecule has 0 bridgehead atoms. The van der Waals surface area contributed by atoms with Gasteiger partial charge in [0.15, 0.2) is 0 Å². The molecule has 1 aliphatic rings. The number of rotatable bonds is 4. The van der Waals surface area contributed by atoms with Crippen LogP contribution in [0.15, 0.2) is 0 Å². The van der Waals surface area contributed by atoms with E-state index in [9.17, 15) is 4.89 Å². The molecule has 0 aromatic rings. The van der Waals surface area contributed by atoms with Gasteiger partial charge in [-0.1, -0.05) is 37.9 Å². The Labute approximate surface area is 102 Å². The van der Waals surface area contributed by atoms with Crippen LogP contribution in [0.25, 0.3) is 0 Å². The van der Waals surface area contributed by atoms with Gasteiger partial charge in [0.25, 0.3) is 0 Å². The summed E-state index contributed by atoms with van der Waals surface area (Å²) in [5.74, 6) is 0.444. The van der Waals surface area contributed by atoms with Gasteiger partial charge < -0.3 is 15.2 Å². The van der Waals surface area contributed by atoms with Crippen LogP contribution in [0.5, 0.6) is 0 Å². The largest absolute Gasteiger partial charge is 0.338 e. The van der Waals surface area contributed by atoms with Crippen LogP contribution in [0.4, 0.5) is 0 Å². The van der Waals surface area contributed by atoms with Crippen LogP contribution in [0.3, 0.4) is 0 Å². The predicted octanol–water partition coefficient (Wildman–Crippen LogP) is 2.45. The summed E-state index contributed by atoms with van der Waals surface area (Å²) in [6.07, 6.45) is 7.19. The average molecular weight is 269 g/mol. The third kappa shape index (κ3) is 5.66. The Morgan fingerprint density at radius 1 is 1.40 bits per heavy atom. The molecular weight excluding hydrogens is 249 g/mol. The first kappa shape index (κ1) is 13.9. The Balaban J connectivity index is 2.52. The van der Waals surface area contributed by atoms with E-state index in [1.807, 2.05) is 0 Å². The lowest BCUT2D eigenvalue weighted by atomic mass is 9.94. The van der Waals surface area contributed by atoms with E-state index in [-0.39, 0.29) is 6.10 Å². The summed E-state index contributed by atoms with van der Waals surface area (Å²) in [5, 5.41) is 0. The van der Waals surface area contributed by atoms with Crippen molar-refractivity contribution in [2.75, 3.05) is 6.54 Å². The molecular formula is C9H20NO2PS2. The van der Waals surface area contributed by atoms with Crippen LogP contribution in [0.1, 0.15) is 38.5 Å². The van der Waals surface area contributed by atoms with Gasteiger partial charge in [0, 0.05) is 6.54 Å². The fourth-order valence-electron chi connectivity index (χ4n) is 2.18. The fraction of sp³-hybridized carbons (Fsp3) is 1.00. The smallest absolute Gasteiger partial charge is 0.241 e. The molecule has 0 aliphatic heterocycles. The van der Waals surface area contributed by atoms with E-state index in [1.165, 1.54) is 25.7 Å². The Bertz CT molecular complexity index is 226. The zero-order valence-electron chi connectivity index (χ0n) is 8.84. The summed E-state index contributed by atoms with van der Waals surface area (Å²) < 4.78 is 5.40. The lowest BCUT2D eigenvalue weighted by Crippen LogP contribution is -2.30. The predicted molar refractivity (Wildman–Crippen MR) is 70.6 cm³/mol. The number of nitrogens with two attached hydrogens (primary N) is 1. The van der Waals surface area contributed by atoms with Gasteiger partial charge in [-0.25, -0.2) is 0 Å². The van der Waals surface area contributed by atoms with Crippen LogP contribution < -0.4 is 5.73 Å². The monoisotopic (exact) mass is 269 g/mol. The zero-order chi connectivity index (χ0) is 11.3. The first-order valence-corrected chi connectivity index (χ1v) is 9.29. The second-order valence-electron chi connectivity index (χ2n) is 4.12. The van der Waals surface area contributed by atoms with Gasteiger partial charge in [-0.05, 0) is 30.6 Å². The highest BCUT2D eigenvalue weighted by Crippen LogP contribution is 2.50. The topological polar surface area (TPSA) is 55.5 Å². The third-order valence-electron chi connectivity index (χ3n) is 2.93. The molecule has 1 saturated carbocycles. The van der Waals surface area contributed by atoms with Crippen molar-refractivity contribution in [3.63, 3.8) is 0 Å². The molecule has 0 spiro atoms. The van der Waals surface area contributed by atoms with Crippen LogP contribution in [0.2, 0.25) is 0 Å². The van der Waals surface area contributed by atoms with Gasteiger partial charge in [-0.2, -0.15) is 0 Å². The molecule has 3 nitrogen and oxygen atoms in total. The molecule has 0 heterocycles. The highest BCUT2D eigenvalue weighted by atomic mass is 32.9. The van der Waals surface area contributed by atoms with Gasteiger partial charge in [0.2, 0.25) is 5.69 Å².